The molecule has 0 saturated heterocycles. The van der Waals surface area contributed by atoms with Gasteiger partial charge in [0, 0.05) is 22.7 Å². The Bertz CT molecular complexity index is 684. The first-order chi connectivity index (χ1) is 10.3. The molecule has 21 heavy (non-hydrogen) atoms. The van der Waals surface area contributed by atoms with E-state index in [-0.39, 0.29) is 18.1 Å². The average molecular weight is 279 g/mol. The van der Waals surface area contributed by atoms with E-state index in [1.54, 1.807) is 0 Å². The van der Waals surface area contributed by atoms with Gasteiger partial charge >= 0.3 is 0 Å². The number of nitrogens with zero attached hydrogens (tertiary/aromatic N) is 1. The van der Waals surface area contributed by atoms with E-state index in [1.807, 2.05) is 0 Å². The molecule has 0 fully saturated rings. The van der Waals surface area contributed by atoms with Crippen LogP contribution >= 0.6 is 0 Å². The van der Waals surface area contributed by atoms with E-state index in [0.29, 0.717) is 0 Å². The highest BCUT2D eigenvalue weighted by Crippen LogP contribution is 2.37. The Labute approximate surface area is 123 Å². The number of rotatable bonds is 2. The first kappa shape index (κ1) is 12.4. The molecule has 2 aliphatic rings. The minimum atomic E-state index is -0.100. The number of nitroso groups, excluding NO2 is 1. The van der Waals surface area contributed by atoms with E-state index in [9.17, 15) is 4.91 Å². The van der Waals surface area contributed by atoms with E-state index in [2.05, 4.69) is 64.4 Å². The molecule has 4 rings (SSSR count). The summed E-state index contributed by atoms with van der Waals surface area (Å²) in [5.41, 5.74) is 2.31. The van der Waals surface area contributed by atoms with Gasteiger partial charge in [0.05, 0.1) is 6.04 Å². The third kappa shape index (κ3) is 2.07. The average Bonchev–Trinajstić information content (AvgIpc) is 2.55. The molecule has 2 unspecified atom stereocenters. The van der Waals surface area contributed by atoms with Crippen molar-refractivity contribution in [2.75, 3.05) is 10.6 Å². The van der Waals surface area contributed by atoms with Crippen LogP contribution in [0.5, 0.6) is 0 Å². The summed E-state index contributed by atoms with van der Waals surface area (Å²) in [5, 5.41) is 12.8. The van der Waals surface area contributed by atoms with E-state index in [1.165, 1.54) is 10.8 Å². The van der Waals surface area contributed by atoms with Crippen LogP contribution in [-0.2, 0) is 0 Å². The summed E-state index contributed by atoms with van der Waals surface area (Å²) in [6, 6.07) is 12.5. The van der Waals surface area contributed by atoms with Crippen molar-refractivity contribution < 1.29 is 0 Å². The van der Waals surface area contributed by atoms with E-state index in [0.717, 1.165) is 24.2 Å². The molecule has 2 atom stereocenters. The van der Waals surface area contributed by atoms with Gasteiger partial charge in [-0.25, -0.2) is 0 Å². The molecule has 1 aliphatic heterocycles. The molecule has 1 heterocycles. The lowest BCUT2D eigenvalue weighted by Crippen LogP contribution is -2.40. The van der Waals surface area contributed by atoms with E-state index < -0.39 is 0 Å². The molecule has 1 aliphatic carbocycles. The fourth-order valence-corrected chi connectivity index (χ4v) is 3.40. The van der Waals surface area contributed by atoms with Crippen LogP contribution in [0.15, 0.2) is 53.7 Å². The number of benzene rings is 2. The predicted molar refractivity (Wildman–Crippen MR) is 86.4 cm³/mol. The molecule has 0 aromatic heterocycles. The minimum Gasteiger partial charge on any atom is -0.364 e. The second-order valence-electron chi connectivity index (χ2n) is 5.80. The second kappa shape index (κ2) is 4.88. The van der Waals surface area contributed by atoms with Crippen LogP contribution in [0.2, 0.25) is 0 Å². The Balaban J connectivity index is 1.69. The molecule has 0 bridgehead atoms. The minimum absolute atomic E-state index is 0.100. The standard InChI is InChI=1S/C17H17N3O/c21-20-13-7-1-6-12(10-13)17-18-14-8-2-4-11-5-3-9-15(19-17)16(11)14/h1-6,8-9,12-13,17-19H,7,10H2. The number of hydrogen-bond acceptors (Lipinski definition) is 4. The number of hydrogen-bond donors (Lipinski definition) is 2. The highest BCUT2D eigenvalue weighted by molar-refractivity contribution is 6.04. The summed E-state index contributed by atoms with van der Waals surface area (Å²) in [4.78, 5) is 10.8. The van der Waals surface area contributed by atoms with Crippen LogP contribution in [0, 0.1) is 10.8 Å². The van der Waals surface area contributed by atoms with Crippen LogP contribution in [-0.4, -0.2) is 12.2 Å². The Morgan fingerprint density at radius 3 is 2.43 bits per heavy atom. The maximum absolute atomic E-state index is 10.8. The molecule has 4 heteroatoms. The van der Waals surface area contributed by atoms with Gasteiger partial charge in [0.25, 0.3) is 0 Å². The zero-order valence-corrected chi connectivity index (χ0v) is 11.6. The molecule has 106 valence electrons. The predicted octanol–water partition coefficient (Wildman–Crippen LogP) is 4.10. The third-order valence-electron chi connectivity index (χ3n) is 4.44. The lowest BCUT2D eigenvalue weighted by molar-refractivity contribution is 0.448. The van der Waals surface area contributed by atoms with Crippen molar-refractivity contribution in [3.63, 3.8) is 0 Å². The van der Waals surface area contributed by atoms with Gasteiger partial charge in [0.15, 0.2) is 0 Å². The van der Waals surface area contributed by atoms with Crippen molar-refractivity contribution in [3.8, 4) is 0 Å². The molecule has 2 aromatic rings. The van der Waals surface area contributed by atoms with Gasteiger partial charge in [-0.15, -0.1) is 0 Å². The maximum atomic E-state index is 10.8. The van der Waals surface area contributed by atoms with Crippen LogP contribution in [0.4, 0.5) is 11.4 Å². The van der Waals surface area contributed by atoms with Gasteiger partial charge in [0.1, 0.15) is 6.17 Å². The lowest BCUT2D eigenvalue weighted by atomic mass is 9.88. The first-order valence-electron chi connectivity index (χ1n) is 7.39. The Hall–Kier alpha value is -2.36. The highest BCUT2D eigenvalue weighted by Gasteiger charge is 2.29. The Kier molecular flexibility index (Phi) is 2.88. The van der Waals surface area contributed by atoms with Crippen molar-refractivity contribution in [2.24, 2.45) is 11.1 Å². The molecule has 0 radical (unpaired) electrons. The second-order valence-corrected chi connectivity index (χ2v) is 5.80. The van der Waals surface area contributed by atoms with Crippen LogP contribution in [0.3, 0.4) is 0 Å². The smallest absolute Gasteiger partial charge is 0.103 e. The zero-order valence-electron chi connectivity index (χ0n) is 11.6. The van der Waals surface area contributed by atoms with Crippen LogP contribution in [0.25, 0.3) is 10.8 Å². The number of nitrogens with one attached hydrogen (secondary N) is 2. The molecule has 2 aromatic carbocycles. The molecule has 4 nitrogen and oxygen atoms in total. The normalized spacial score (nSPS) is 24.4. The SMILES string of the molecule is O=NC1CC=CC(C2Nc3cccc4cccc(c34)N2)C1. The third-order valence-corrected chi connectivity index (χ3v) is 4.44. The molecule has 2 N–H and O–H groups in total. The summed E-state index contributed by atoms with van der Waals surface area (Å²) >= 11 is 0. The van der Waals surface area contributed by atoms with Gasteiger partial charge in [0.2, 0.25) is 0 Å². The fraction of sp³-hybridized carbons (Fsp3) is 0.294. The molecule has 0 amide bonds. The molecular weight excluding hydrogens is 262 g/mol. The highest BCUT2D eigenvalue weighted by atomic mass is 16.3. The fourth-order valence-electron chi connectivity index (χ4n) is 3.40. The van der Waals surface area contributed by atoms with Gasteiger partial charge in [-0.2, -0.15) is 4.91 Å². The van der Waals surface area contributed by atoms with Crippen LogP contribution < -0.4 is 10.6 Å². The Morgan fingerprint density at radius 1 is 1.05 bits per heavy atom. The monoisotopic (exact) mass is 279 g/mol. The summed E-state index contributed by atoms with van der Waals surface area (Å²) < 4.78 is 0. The topological polar surface area (TPSA) is 53.5 Å². The van der Waals surface area contributed by atoms with Crippen molar-refractivity contribution in [2.45, 2.75) is 25.0 Å². The van der Waals surface area contributed by atoms with E-state index >= 15 is 0 Å². The molecule has 0 saturated carbocycles. The summed E-state index contributed by atoms with van der Waals surface area (Å²) in [7, 11) is 0. The summed E-state index contributed by atoms with van der Waals surface area (Å²) in [6.07, 6.45) is 5.93. The molecular formula is C17H17N3O. The lowest BCUT2D eigenvalue weighted by Gasteiger charge is -2.35. The summed E-state index contributed by atoms with van der Waals surface area (Å²) in [6.45, 7) is 0. The largest absolute Gasteiger partial charge is 0.364 e. The van der Waals surface area contributed by atoms with Crippen molar-refractivity contribution in [3.05, 3.63) is 53.5 Å². The van der Waals surface area contributed by atoms with Gasteiger partial charge in [-0.1, -0.05) is 41.6 Å². The van der Waals surface area contributed by atoms with Gasteiger partial charge in [-0.3, -0.25) is 0 Å². The maximum Gasteiger partial charge on any atom is 0.103 e. The van der Waals surface area contributed by atoms with Crippen molar-refractivity contribution in [1.29, 1.82) is 0 Å². The van der Waals surface area contributed by atoms with Gasteiger partial charge in [-0.05, 0) is 30.4 Å². The Morgan fingerprint density at radius 2 is 1.76 bits per heavy atom. The van der Waals surface area contributed by atoms with Crippen molar-refractivity contribution in [1.82, 2.24) is 0 Å². The number of anilines is 2. The zero-order chi connectivity index (χ0) is 14.2. The quantitative estimate of drug-likeness (QED) is 0.642. The van der Waals surface area contributed by atoms with Crippen LogP contribution in [0.1, 0.15) is 12.8 Å². The molecule has 0 spiro atoms. The van der Waals surface area contributed by atoms with Gasteiger partial charge < -0.3 is 10.6 Å². The van der Waals surface area contributed by atoms with E-state index in [4.69, 9.17) is 0 Å². The van der Waals surface area contributed by atoms with Crippen molar-refractivity contribution >= 4 is 22.1 Å². The first-order valence-corrected chi connectivity index (χ1v) is 7.39. The summed E-state index contributed by atoms with van der Waals surface area (Å²) in [5.74, 6) is 0.269.